The van der Waals surface area contributed by atoms with Crippen molar-refractivity contribution in [1.82, 2.24) is 29.4 Å². The molecule has 5 rings (SSSR count). The van der Waals surface area contributed by atoms with Gasteiger partial charge in [-0.05, 0) is 48.0 Å². The third kappa shape index (κ3) is 5.32. The molecular weight excluding hydrogens is 439 g/mol. The number of thioether (sulfide) groups is 1. The Morgan fingerprint density at radius 1 is 0.939 bits per heavy atom. The second-order valence-electron chi connectivity index (χ2n) is 7.82. The van der Waals surface area contributed by atoms with Gasteiger partial charge in [-0.1, -0.05) is 23.9 Å². The first-order chi connectivity index (χ1) is 16.3. The van der Waals surface area contributed by atoms with Gasteiger partial charge in [0, 0.05) is 49.9 Å². The summed E-state index contributed by atoms with van der Waals surface area (Å²) in [5.74, 6) is 1.28. The number of hydrogen-bond donors (Lipinski definition) is 0. The quantitative estimate of drug-likeness (QED) is 0.369. The van der Waals surface area contributed by atoms with Crippen LogP contribution in [-0.4, -0.2) is 62.3 Å². The van der Waals surface area contributed by atoms with Gasteiger partial charge < -0.3 is 9.30 Å². The molecule has 0 atom stereocenters. The highest BCUT2D eigenvalue weighted by atomic mass is 32.2. The fourth-order valence-corrected chi connectivity index (χ4v) is 4.71. The first kappa shape index (κ1) is 21.8. The summed E-state index contributed by atoms with van der Waals surface area (Å²) in [4.78, 5) is 2.39. The van der Waals surface area contributed by atoms with E-state index in [0.717, 1.165) is 67.4 Å². The number of morpholine rings is 1. The van der Waals surface area contributed by atoms with E-state index in [1.165, 1.54) is 17.7 Å². The fourth-order valence-electron chi connectivity index (χ4n) is 3.79. The van der Waals surface area contributed by atoms with Crippen LogP contribution in [0.2, 0.25) is 0 Å². The summed E-state index contributed by atoms with van der Waals surface area (Å²) in [7, 11) is 0. The van der Waals surface area contributed by atoms with E-state index in [-0.39, 0.29) is 5.82 Å². The maximum absolute atomic E-state index is 13.5. The third-order valence-electron chi connectivity index (χ3n) is 5.64. The van der Waals surface area contributed by atoms with E-state index in [2.05, 4.69) is 49.0 Å². The Labute approximate surface area is 196 Å². The van der Waals surface area contributed by atoms with Gasteiger partial charge in [0.15, 0.2) is 11.0 Å². The van der Waals surface area contributed by atoms with Gasteiger partial charge in [-0.3, -0.25) is 4.90 Å². The Morgan fingerprint density at radius 2 is 1.73 bits per heavy atom. The summed E-state index contributed by atoms with van der Waals surface area (Å²) in [5, 5.41) is 14.1. The van der Waals surface area contributed by atoms with E-state index in [4.69, 9.17) is 4.74 Å². The van der Waals surface area contributed by atoms with Crippen molar-refractivity contribution in [3.8, 4) is 17.1 Å². The number of halogens is 1. The van der Waals surface area contributed by atoms with Gasteiger partial charge in [0.25, 0.3) is 0 Å². The van der Waals surface area contributed by atoms with Crippen molar-refractivity contribution < 1.29 is 9.13 Å². The average Bonchev–Trinajstić information content (AvgIpc) is 3.53. The number of nitrogens with zero attached hydrogens (tertiary/aromatic N) is 6. The lowest BCUT2D eigenvalue weighted by Gasteiger charge is -2.27. The Bertz CT molecular complexity index is 1150. The van der Waals surface area contributed by atoms with Crippen LogP contribution in [0.15, 0.2) is 72.1 Å². The molecule has 9 heteroatoms. The van der Waals surface area contributed by atoms with E-state index in [1.807, 2.05) is 16.9 Å². The largest absolute Gasteiger partial charge is 0.379 e. The second-order valence-corrected chi connectivity index (χ2v) is 8.77. The molecule has 0 bridgehead atoms. The molecule has 0 saturated carbocycles. The van der Waals surface area contributed by atoms with Crippen LogP contribution < -0.4 is 0 Å². The lowest BCUT2D eigenvalue weighted by atomic mass is 10.2. The van der Waals surface area contributed by atoms with Crippen molar-refractivity contribution in [2.75, 3.05) is 32.8 Å². The second kappa shape index (κ2) is 10.3. The zero-order valence-electron chi connectivity index (χ0n) is 18.2. The Kier molecular flexibility index (Phi) is 6.80. The molecule has 2 aromatic heterocycles. The normalized spacial score (nSPS) is 14.6. The van der Waals surface area contributed by atoms with Gasteiger partial charge in [0.1, 0.15) is 5.82 Å². The average molecular weight is 465 g/mol. The molecule has 1 aliphatic heterocycles. The van der Waals surface area contributed by atoms with Crippen molar-refractivity contribution in [3.63, 3.8) is 0 Å². The van der Waals surface area contributed by atoms with Gasteiger partial charge >= 0.3 is 0 Å². The molecule has 0 N–H and O–H groups in total. The van der Waals surface area contributed by atoms with Gasteiger partial charge in [-0.25, -0.2) is 9.07 Å². The molecule has 4 aromatic rings. The maximum Gasteiger partial charge on any atom is 0.191 e. The van der Waals surface area contributed by atoms with E-state index >= 15 is 0 Å². The SMILES string of the molecule is Fc1ccc(-c2nnc(SCc3ccc(-n4cccn4)cc3)n2CCN2CCOCC2)cc1. The zero-order valence-corrected chi connectivity index (χ0v) is 19.0. The topological polar surface area (TPSA) is 61.0 Å². The molecule has 1 saturated heterocycles. The number of benzene rings is 2. The molecule has 1 aliphatic rings. The van der Waals surface area contributed by atoms with Crippen molar-refractivity contribution >= 4 is 11.8 Å². The Morgan fingerprint density at radius 3 is 2.45 bits per heavy atom. The first-order valence-electron chi connectivity index (χ1n) is 11.0. The maximum atomic E-state index is 13.5. The number of ether oxygens (including phenoxy) is 1. The predicted octanol–water partition coefficient (Wildman–Crippen LogP) is 3.89. The first-order valence-corrected chi connectivity index (χ1v) is 12.0. The summed E-state index contributed by atoms with van der Waals surface area (Å²) in [6.45, 7) is 5.05. The van der Waals surface area contributed by atoms with Crippen molar-refractivity contribution in [2.45, 2.75) is 17.5 Å². The van der Waals surface area contributed by atoms with Gasteiger partial charge in [0.05, 0.1) is 18.9 Å². The molecule has 0 aliphatic carbocycles. The minimum Gasteiger partial charge on any atom is -0.379 e. The molecule has 0 spiro atoms. The number of aromatic nitrogens is 5. The third-order valence-corrected chi connectivity index (χ3v) is 6.67. The molecule has 1 fully saturated rings. The Balaban J connectivity index is 1.32. The number of rotatable bonds is 8. The summed E-state index contributed by atoms with van der Waals surface area (Å²) in [6, 6.07) is 16.7. The van der Waals surface area contributed by atoms with E-state index in [0.29, 0.717) is 0 Å². The van der Waals surface area contributed by atoms with Crippen LogP contribution in [0.25, 0.3) is 17.1 Å². The molecule has 33 heavy (non-hydrogen) atoms. The minimum atomic E-state index is -0.258. The molecule has 0 amide bonds. The molecule has 3 heterocycles. The molecule has 2 aromatic carbocycles. The Hall–Kier alpha value is -3.01. The fraction of sp³-hybridized carbons (Fsp3) is 0.292. The van der Waals surface area contributed by atoms with Gasteiger partial charge in [-0.15, -0.1) is 10.2 Å². The van der Waals surface area contributed by atoms with Gasteiger partial charge in [-0.2, -0.15) is 5.10 Å². The van der Waals surface area contributed by atoms with Crippen molar-refractivity contribution in [1.29, 1.82) is 0 Å². The van der Waals surface area contributed by atoms with E-state index in [9.17, 15) is 4.39 Å². The molecule has 7 nitrogen and oxygen atoms in total. The van der Waals surface area contributed by atoms with Crippen molar-refractivity contribution in [3.05, 3.63) is 78.4 Å². The molecule has 170 valence electrons. The molecule has 0 unspecified atom stereocenters. The molecule has 0 radical (unpaired) electrons. The van der Waals surface area contributed by atoms with Crippen LogP contribution in [0.5, 0.6) is 0 Å². The lowest BCUT2D eigenvalue weighted by molar-refractivity contribution is 0.0361. The smallest absolute Gasteiger partial charge is 0.191 e. The van der Waals surface area contributed by atoms with Crippen LogP contribution in [0.4, 0.5) is 4.39 Å². The number of hydrogen-bond acceptors (Lipinski definition) is 6. The predicted molar refractivity (Wildman–Crippen MR) is 126 cm³/mol. The lowest BCUT2D eigenvalue weighted by Crippen LogP contribution is -2.38. The standard InChI is InChI=1S/C24H25FN6OS/c25-21-6-4-20(5-7-21)23-27-28-24(30(23)13-12-29-14-16-32-17-15-29)33-18-19-2-8-22(9-3-19)31-11-1-10-26-31/h1-11H,12-18H2. The molecular formula is C24H25FN6OS. The van der Waals surface area contributed by atoms with Crippen LogP contribution in [-0.2, 0) is 17.0 Å². The highest BCUT2D eigenvalue weighted by Crippen LogP contribution is 2.27. The highest BCUT2D eigenvalue weighted by molar-refractivity contribution is 7.98. The van der Waals surface area contributed by atoms with Crippen molar-refractivity contribution in [2.24, 2.45) is 0 Å². The van der Waals surface area contributed by atoms with E-state index in [1.54, 1.807) is 30.1 Å². The summed E-state index contributed by atoms with van der Waals surface area (Å²) in [6.07, 6.45) is 3.70. The van der Waals surface area contributed by atoms with Crippen LogP contribution >= 0.6 is 11.8 Å². The van der Waals surface area contributed by atoms with Crippen LogP contribution in [0.1, 0.15) is 5.56 Å². The van der Waals surface area contributed by atoms with Crippen LogP contribution in [0, 0.1) is 5.82 Å². The van der Waals surface area contributed by atoms with Crippen LogP contribution in [0.3, 0.4) is 0 Å². The summed E-state index contributed by atoms with van der Waals surface area (Å²) >= 11 is 1.66. The van der Waals surface area contributed by atoms with E-state index < -0.39 is 0 Å². The summed E-state index contributed by atoms with van der Waals surface area (Å²) in [5.41, 5.74) is 3.09. The zero-order chi connectivity index (χ0) is 22.5. The summed E-state index contributed by atoms with van der Waals surface area (Å²) < 4.78 is 22.9. The van der Waals surface area contributed by atoms with Gasteiger partial charge in [0.2, 0.25) is 0 Å². The highest BCUT2D eigenvalue weighted by Gasteiger charge is 2.17. The monoisotopic (exact) mass is 464 g/mol. The minimum absolute atomic E-state index is 0.258.